The van der Waals surface area contributed by atoms with Gasteiger partial charge in [-0.05, 0) is 35.8 Å². The topological polar surface area (TPSA) is 56.9 Å². The number of halogens is 1. The number of aliphatic hydroxyl groups is 1. The second-order valence-corrected chi connectivity index (χ2v) is 6.21. The Kier molecular flexibility index (Phi) is 4.32. The van der Waals surface area contributed by atoms with E-state index in [4.69, 9.17) is 4.42 Å². The van der Waals surface area contributed by atoms with E-state index in [1.807, 2.05) is 4.90 Å². The van der Waals surface area contributed by atoms with E-state index in [1.165, 1.54) is 6.26 Å². The van der Waals surface area contributed by atoms with E-state index in [-0.39, 0.29) is 5.91 Å². The van der Waals surface area contributed by atoms with Crippen LogP contribution < -0.4 is 0 Å². The van der Waals surface area contributed by atoms with Crippen molar-refractivity contribution in [1.29, 1.82) is 0 Å². The number of rotatable bonds is 3. The summed E-state index contributed by atoms with van der Waals surface area (Å²) in [5.41, 5.74) is -0.129. The lowest BCUT2D eigenvalue weighted by molar-refractivity contribution is 0.0178. The number of hydrogen-bond acceptors (Lipinski definition) is 4. The summed E-state index contributed by atoms with van der Waals surface area (Å²) in [6.07, 6.45) is 1.50. The molecule has 2 heterocycles. The highest BCUT2D eigenvalue weighted by Crippen LogP contribution is 2.20. The third kappa shape index (κ3) is 3.81. The van der Waals surface area contributed by atoms with Gasteiger partial charge in [-0.3, -0.25) is 9.69 Å². The van der Waals surface area contributed by atoms with E-state index < -0.39 is 5.60 Å². The highest BCUT2D eigenvalue weighted by atomic mass is 79.9. The van der Waals surface area contributed by atoms with Crippen LogP contribution in [-0.4, -0.2) is 59.1 Å². The Labute approximate surface area is 121 Å². The Hall–Kier alpha value is -0.850. The van der Waals surface area contributed by atoms with Crippen LogP contribution in [0.1, 0.15) is 24.2 Å². The molecule has 0 aliphatic carbocycles. The summed E-state index contributed by atoms with van der Waals surface area (Å²) < 4.78 is 5.57. The van der Waals surface area contributed by atoms with Crippen LogP contribution in [0.5, 0.6) is 0 Å². The van der Waals surface area contributed by atoms with Crippen molar-refractivity contribution in [2.45, 2.75) is 19.4 Å². The molecule has 0 spiro atoms. The predicted octanol–water partition coefficient (Wildman–Crippen LogP) is 1.57. The predicted molar refractivity (Wildman–Crippen MR) is 75.0 cm³/mol. The van der Waals surface area contributed by atoms with Crippen molar-refractivity contribution in [2.24, 2.45) is 0 Å². The fraction of sp³-hybridized carbons (Fsp3) is 0.615. The van der Waals surface area contributed by atoms with Crippen LogP contribution in [0.4, 0.5) is 0 Å². The standard InChI is InChI=1S/C13H19BrN2O3/c1-13(2,18)9-15-4-6-16(7-5-15)12(17)10-3-8-19-11(10)14/h3,8,18H,4-7,9H2,1-2H3. The number of amides is 1. The lowest BCUT2D eigenvalue weighted by Gasteiger charge is -2.37. The number of carbonyl (C=O) groups excluding carboxylic acids is 1. The van der Waals surface area contributed by atoms with E-state index in [0.29, 0.717) is 29.9 Å². The number of piperazine rings is 1. The van der Waals surface area contributed by atoms with Crippen LogP contribution in [0.15, 0.2) is 21.4 Å². The first kappa shape index (κ1) is 14.6. The molecule has 0 bridgehead atoms. The molecule has 1 amide bonds. The van der Waals surface area contributed by atoms with Gasteiger partial charge in [0, 0.05) is 32.7 Å². The molecular formula is C13H19BrN2O3. The maximum atomic E-state index is 12.2. The van der Waals surface area contributed by atoms with E-state index in [2.05, 4.69) is 20.8 Å². The van der Waals surface area contributed by atoms with Crippen LogP contribution in [0.25, 0.3) is 0 Å². The van der Waals surface area contributed by atoms with Crippen LogP contribution >= 0.6 is 15.9 Å². The largest absolute Gasteiger partial charge is 0.457 e. The lowest BCUT2D eigenvalue weighted by Crippen LogP contribution is -2.51. The Bertz CT molecular complexity index is 445. The van der Waals surface area contributed by atoms with Crippen LogP contribution in [0.2, 0.25) is 0 Å². The van der Waals surface area contributed by atoms with E-state index in [9.17, 15) is 9.90 Å². The monoisotopic (exact) mass is 330 g/mol. The molecule has 5 nitrogen and oxygen atoms in total. The van der Waals surface area contributed by atoms with Crippen molar-refractivity contribution in [3.63, 3.8) is 0 Å². The van der Waals surface area contributed by atoms with Crippen molar-refractivity contribution in [3.05, 3.63) is 22.6 Å². The fourth-order valence-corrected chi connectivity index (χ4v) is 2.68. The minimum absolute atomic E-state index is 0.0106. The molecule has 6 heteroatoms. The minimum atomic E-state index is -0.695. The quantitative estimate of drug-likeness (QED) is 0.914. The molecule has 1 aromatic heterocycles. The molecular weight excluding hydrogens is 312 g/mol. The summed E-state index contributed by atoms with van der Waals surface area (Å²) in [5.74, 6) is -0.0106. The summed E-state index contributed by atoms with van der Waals surface area (Å²) in [6.45, 7) is 7.14. The van der Waals surface area contributed by atoms with Gasteiger partial charge in [-0.2, -0.15) is 0 Å². The van der Waals surface area contributed by atoms with Gasteiger partial charge < -0.3 is 14.4 Å². The zero-order valence-electron chi connectivity index (χ0n) is 11.2. The zero-order chi connectivity index (χ0) is 14.0. The fourth-order valence-electron chi connectivity index (χ4n) is 2.27. The first-order valence-electron chi connectivity index (χ1n) is 6.34. The van der Waals surface area contributed by atoms with Gasteiger partial charge in [0.25, 0.3) is 5.91 Å². The summed E-state index contributed by atoms with van der Waals surface area (Å²) in [4.78, 5) is 16.2. The Balaban J connectivity index is 1.90. The van der Waals surface area contributed by atoms with Gasteiger partial charge >= 0.3 is 0 Å². The normalized spacial score (nSPS) is 17.8. The molecule has 106 valence electrons. The second kappa shape index (κ2) is 5.64. The molecule has 0 radical (unpaired) electrons. The van der Waals surface area contributed by atoms with Crippen molar-refractivity contribution in [1.82, 2.24) is 9.80 Å². The third-order valence-corrected chi connectivity index (χ3v) is 3.73. The summed E-state index contributed by atoms with van der Waals surface area (Å²) in [6, 6.07) is 1.68. The number of β-amino-alcohol motifs (C(OH)–C–C–N with tert-alkyl or cyclic N) is 1. The molecule has 0 unspecified atom stereocenters. The molecule has 1 aromatic rings. The number of furan rings is 1. The van der Waals surface area contributed by atoms with E-state index in [1.54, 1.807) is 19.9 Å². The van der Waals surface area contributed by atoms with Gasteiger partial charge in [0.05, 0.1) is 17.4 Å². The number of hydrogen-bond donors (Lipinski definition) is 1. The number of nitrogens with zero attached hydrogens (tertiary/aromatic N) is 2. The Morgan fingerprint density at radius 1 is 1.42 bits per heavy atom. The highest BCUT2D eigenvalue weighted by Gasteiger charge is 2.26. The highest BCUT2D eigenvalue weighted by molar-refractivity contribution is 9.10. The molecule has 2 rings (SSSR count). The first-order valence-corrected chi connectivity index (χ1v) is 7.13. The summed E-state index contributed by atoms with van der Waals surface area (Å²) >= 11 is 3.23. The van der Waals surface area contributed by atoms with Crippen molar-refractivity contribution in [3.8, 4) is 0 Å². The molecule has 1 aliphatic heterocycles. The van der Waals surface area contributed by atoms with Crippen LogP contribution in [0, 0.1) is 0 Å². The average Bonchev–Trinajstić information content (AvgIpc) is 2.73. The average molecular weight is 331 g/mol. The van der Waals surface area contributed by atoms with Crippen molar-refractivity contribution in [2.75, 3.05) is 32.7 Å². The van der Waals surface area contributed by atoms with E-state index in [0.717, 1.165) is 13.1 Å². The van der Waals surface area contributed by atoms with Gasteiger partial charge in [0.2, 0.25) is 0 Å². The second-order valence-electron chi connectivity index (χ2n) is 5.49. The summed E-state index contributed by atoms with van der Waals surface area (Å²) in [5, 5.41) is 9.79. The van der Waals surface area contributed by atoms with Gasteiger partial charge in [-0.1, -0.05) is 0 Å². The Morgan fingerprint density at radius 2 is 2.05 bits per heavy atom. The molecule has 1 N–H and O–H groups in total. The van der Waals surface area contributed by atoms with Gasteiger partial charge in [-0.15, -0.1) is 0 Å². The molecule has 1 saturated heterocycles. The van der Waals surface area contributed by atoms with Crippen LogP contribution in [-0.2, 0) is 0 Å². The SMILES string of the molecule is CC(C)(O)CN1CCN(C(=O)c2ccoc2Br)CC1. The first-order chi connectivity index (χ1) is 8.87. The van der Waals surface area contributed by atoms with Crippen molar-refractivity contribution < 1.29 is 14.3 Å². The van der Waals surface area contributed by atoms with Crippen molar-refractivity contribution >= 4 is 21.8 Å². The maximum absolute atomic E-state index is 12.2. The molecule has 0 atom stereocenters. The van der Waals surface area contributed by atoms with Gasteiger partial charge in [0.1, 0.15) is 0 Å². The molecule has 0 saturated carbocycles. The van der Waals surface area contributed by atoms with Crippen LogP contribution in [0.3, 0.4) is 0 Å². The van der Waals surface area contributed by atoms with E-state index >= 15 is 0 Å². The third-order valence-electron chi connectivity index (χ3n) is 3.12. The molecule has 1 aliphatic rings. The smallest absolute Gasteiger partial charge is 0.258 e. The number of carbonyl (C=O) groups is 1. The molecule has 0 aromatic carbocycles. The Morgan fingerprint density at radius 3 is 2.53 bits per heavy atom. The van der Waals surface area contributed by atoms with Gasteiger partial charge in [-0.25, -0.2) is 0 Å². The molecule has 19 heavy (non-hydrogen) atoms. The molecule has 1 fully saturated rings. The maximum Gasteiger partial charge on any atom is 0.258 e. The lowest BCUT2D eigenvalue weighted by atomic mass is 10.1. The summed E-state index contributed by atoms with van der Waals surface area (Å²) in [7, 11) is 0. The van der Waals surface area contributed by atoms with Gasteiger partial charge in [0.15, 0.2) is 4.67 Å². The zero-order valence-corrected chi connectivity index (χ0v) is 12.8. The minimum Gasteiger partial charge on any atom is -0.457 e.